The highest BCUT2D eigenvalue weighted by Gasteiger charge is 2.26. The van der Waals surface area contributed by atoms with Crippen molar-refractivity contribution in [3.05, 3.63) is 35.6 Å². The first-order valence-corrected chi connectivity index (χ1v) is 8.75. The highest BCUT2D eigenvalue weighted by atomic mass is 32.2. The van der Waals surface area contributed by atoms with E-state index in [1.54, 1.807) is 30.0 Å². The number of nitrogens with two attached hydrogens (primary N) is 1. The molecule has 1 aromatic carbocycles. The molecule has 0 saturated carbocycles. The highest BCUT2D eigenvalue weighted by molar-refractivity contribution is 7.98. The first-order chi connectivity index (χ1) is 10.8. The van der Waals surface area contributed by atoms with Crippen molar-refractivity contribution in [1.29, 1.82) is 0 Å². The van der Waals surface area contributed by atoms with Gasteiger partial charge in [0.1, 0.15) is 11.9 Å². The van der Waals surface area contributed by atoms with E-state index in [0.29, 0.717) is 12.0 Å². The van der Waals surface area contributed by atoms with Crippen LogP contribution in [0.2, 0.25) is 0 Å². The van der Waals surface area contributed by atoms with Gasteiger partial charge in [0.25, 0.3) is 0 Å². The van der Waals surface area contributed by atoms with E-state index in [1.807, 2.05) is 20.1 Å². The van der Waals surface area contributed by atoms with Gasteiger partial charge >= 0.3 is 6.03 Å². The van der Waals surface area contributed by atoms with Crippen molar-refractivity contribution in [1.82, 2.24) is 10.6 Å². The molecule has 7 heteroatoms. The van der Waals surface area contributed by atoms with E-state index in [9.17, 15) is 14.0 Å². The third-order valence-corrected chi connectivity index (χ3v) is 4.20. The monoisotopic (exact) mass is 341 g/mol. The van der Waals surface area contributed by atoms with Crippen LogP contribution in [0.1, 0.15) is 25.8 Å². The largest absolute Gasteiger partial charge is 0.353 e. The molecule has 1 atom stereocenters. The number of primary amides is 1. The van der Waals surface area contributed by atoms with Crippen LogP contribution in [0, 0.1) is 5.82 Å². The molecular weight excluding hydrogens is 317 g/mol. The Morgan fingerprint density at radius 1 is 1.35 bits per heavy atom. The maximum atomic E-state index is 13.9. The van der Waals surface area contributed by atoms with E-state index in [2.05, 4.69) is 10.6 Å². The lowest BCUT2D eigenvalue weighted by Gasteiger charge is -2.27. The summed E-state index contributed by atoms with van der Waals surface area (Å²) in [5.41, 5.74) is 5.07. The average molecular weight is 341 g/mol. The lowest BCUT2D eigenvalue weighted by molar-refractivity contribution is -0.123. The number of hydrogen-bond acceptors (Lipinski definition) is 3. The molecule has 4 N–H and O–H groups in total. The number of urea groups is 1. The second-order valence-corrected chi connectivity index (χ2v) is 6.91. The summed E-state index contributed by atoms with van der Waals surface area (Å²) in [5.74, 6) is 0.0953. The van der Waals surface area contributed by atoms with Gasteiger partial charge in [0.2, 0.25) is 5.91 Å². The lowest BCUT2D eigenvalue weighted by Crippen LogP contribution is -2.50. The van der Waals surface area contributed by atoms with Gasteiger partial charge in [0, 0.05) is 12.0 Å². The number of halogens is 1. The topological polar surface area (TPSA) is 84.2 Å². The molecule has 5 nitrogen and oxygen atoms in total. The van der Waals surface area contributed by atoms with Crippen LogP contribution in [-0.4, -0.2) is 36.5 Å². The SMILES string of the molecule is CSCC[C@H](NC(N)=O)C(=O)NCC(C)(C)c1ccccc1F. The summed E-state index contributed by atoms with van der Waals surface area (Å²) in [6.07, 6.45) is 2.40. The van der Waals surface area contributed by atoms with Crippen LogP contribution < -0.4 is 16.4 Å². The van der Waals surface area contributed by atoms with Crippen LogP contribution in [0.15, 0.2) is 24.3 Å². The molecule has 0 fully saturated rings. The maximum Gasteiger partial charge on any atom is 0.312 e. The molecule has 0 spiro atoms. The summed E-state index contributed by atoms with van der Waals surface area (Å²) >= 11 is 1.58. The maximum absolute atomic E-state index is 13.9. The number of carbonyl (C=O) groups excluding carboxylic acids is 2. The Labute approximate surface area is 140 Å². The molecule has 1 aromatic rings. The molecule has 0 aliphatic heterocycles. The Hall–Kier alpha value is -1.76. The molecule has 23 heavy (non-hydrogen) atoms. The predicted octanol–water partition coefficient (Wildman–Crippen LogP) is 2.01. The van der Waals surface area contributed by atoms with Crippen molar-refractivity contribution in [2.45, 2.75) is 31.7 Å². The minimum absolute atomic E-state index is 0.253. The zero-order valence-corrected chi connectivity index (χ0v) is 14.5. The third-order valence-electron chi connectivity index (χ3n) is 3.55. The van der Waals surface area contributed by atoms with E-state index in [-0.39, 0.29) is 18.3 Å². The van der Waals surface area contributed by atoms with E-state index >= 15 is 0 Å². The van der Waals surface area contributed by atoms with Crippen LogP contribution in [-0.2, 0) is 10.2 Å². The standard InChI is InChI=1S/C16H24FN3O2S/c1-16(2,11-6-4-5-7-12(11)17)10-19-14(21)13(8-9-23-3)20-15(18)22/h4-7,13H,8-10H2,1-3H3,(H,19,21)(H3,18,20,22)/t13-/m0/s1. The van der Waals surface area contributed by atoms with Crippen molar-refractivity contribution < 1.29 is 14.0 Å². The van der Waals surface area contributed by atoms with Crippen molar-refractivity contribution in [2.24, 2.45) is 5.73 Å². The van der Waals surface area contributed by atoms with Crippen molar-refractivity contribution >= 4 is 23.7 Å². The van der Waals surface area contributed by atoms with Gasteiger partial charge in [-0.3, -0.25) is 4.79 Å². The Bertz CT molecular complexity index is 552. The second kappa shape index (κ2) is 8.76. The zero-order chi connectivity index (χ0) is 17.5. The third kappa shape index (κ3) is 6.09. The van der Waals surface area contributed by atoms with Gasteiger partial charge in [-0.15, -0.1) is 0 Å². The Kier molecular flexibility index (Phi) is 7.35. The van der Waals surface area contributed by atoms with Gasteiger partial charge in [0.15, 0.2) is 0 Å². The number of carbonyl (C=O) groups is 2. The van der Waals surface area contributed by atoms with Crippen LogP contribution in [0.4, 0.5) is 9.18 Å². The molecule has 0 heterocycles. The first kappa shape index (κ1) is 19.3. The fourth-order valence-electron chi connectivity index (χ4n) is 2.21. The van der Waals surface area contributed by atoms with Gasteiger partial charge in [-0.25, -0.2) is 9.18 Å². The fraction of sp³-hybridized carbons (Fsp3) is 0.500. The quantitative estimate of drug-likeness (QED) is 0.676. The molecule has 0 unspecified atom stereocenters. The molecular formula is C16H24FN3O2S. The van der Waals surface area contributed by atoms with E-state index < -0.39 is 17.5 Å². The van der Waals surface area contributed by atoms with Gasteiger partial charge in [0.05, 0.1) is 0 Å². The number of hydrogen-bond donors (Lipinski definition) is 3. The van der Waals surface area contributed by atoms with Gasteiger partial charge in [-0.1, -0.05) is 32.0 Å². The normalized spacial score (nSPS) is 12.5. The minimum atomic E-state index is -0.736. The summed E-state index contributed by atoms with van der Waals surface area (Å²) in [6.45, 7) is 3.96. The van der Waals surface area contributed by atoms with Crippen molar-refractivity contribution in [3.8, 4) is 0 Å². The predicted molar refractivity (Wildman–Crippen MR) is 91.9 cm³/mol. The lowest BCUT2D eigenvalue weighted by atomic mass is 9.84. The average Bonchev–Trinajstić information content (AvgIpc) is 2.49. The zero-order valence-electron chi connectivity index (χ0n) is 13.7. The molecule has 1 rings (SSSR count). The minimum Gasteiger partial charge on any atom is -0.353 e. The molecule has 0 aliphatic carbocycles. The molecule has 3 amide bonds. The summed E-state index contributed by atoms with van der Waals surface area (Å²) in [7, 11) is 0. The fourth-order valence-corrected chi connectivity index (χ4v) is 2.68. The van der Waals surface area contributed by atoms with E-state index in [4.69, 9.17) is 5.73 Å². The van der Waals surface area contributed by atoms with E-state index in [0.717, 1.165) is 5.75 Å². The molecule has 0 radical (unpaired) electrons. The van der Waals surface area contributed by atoms with E-state index in [1.165, 1.54) is 6.07 Å². The Morgan fingerprint density at radius 2 is 2.00 bits per heavy atom. The molecule has 128 valence electrons. The number of amides is 3. The van der Waals surface area contributed by atoms with Crippen molar-refractivity contribution in [2.75, 3.05) is 18.6 Å². The van der Waals surface area contributed by atoms with Crippen LogP contribution in [0.5, 0.6) is 0 Å². The van der Waals surface area contributed by atoms with Crippen LogP contribution in [0.25, 0.3) is 0 Å². The first-order valence-electron chi connectivity index (χ1n) is 7.35. The summed E-state index contributed by atoms with van der Waals surface area (Å²) in [4.78, 5) is 23.3. The van der Waals surface area contributed by atoms with Crippen LogP contribution >= 0.6 is 11.8 Å². The molecule has 0 aliphatic rings. The number of nitrogens with one attached hydrogen (secondary N) is 2. The Morgan fingerprint density at radius 3 is 2.57 bits per heavy atom. The van der Waals surface area contributed by atoms with Crippen LogP contribution in [0.3, 0.4) is 0 Å². The van der Waals surface area contributed by atoms with Gasteiger partial charge in [-0.05, 0) is 30.1 Å². The molecule has 0 bridgehead atoms. The highest BCUT2D eigenvalue weighted by Crippen LogP contribution is 2.24. The second-order valence-electron chi connectivity index (χ2n) is 5.92. The van der Waals surface area contributed by atoms with Gasteiger partial charge in [-0.2, -0.15) is 11.8 Å². The van der Waals surface area contributed by atoms with Crippen molar-refractivity contribution in [3.63, 3.8) is 0 Å². The number of benzene rings is 1. The molecule has 0 aromatic heterocycles. The number of rotatable bonds is 8. The Balaban J connectivity index is 2.71. The summed E-state index contributed by atoms with van der Waals surface area (Å²) in [5, 5.41) is 5.22. The molecule has 0 saturated heterocycles. The number of thioether (sulfide) groups is 1. The summed E-state index contributed by atoms with van der Waals surface area (Å²) in [6, 6.07) is 5.07. The van der Waals surface area contributed by atoms with Gasteiger partial charge < -0.3 is 16.4 Å². The smallest absolute Gasteiger partial charge is 0.312 e. The summed E-state index contributed by atoms with van der Waals surface area (Å²) < 4.78 is 13.9.